The van der Waals surface area contributed by atoms with Crippen LogP contribution in [-0.2, 0) is 15.8 Å². The molecule has 2 aliphatic rings. The van der Waals surface area contributed by atoms with Gasteiger partial charge < -0.3 is 10.2 Å². The van der Waals surface area contributed by atoms with Crippen LogP contribution in [0.2, 0.25) is 0 Å². The Morgan fingerprint density at radius 2 is 1.40 bits per heavy atom. The van der Waals surface area contributed by atoms with Crippen LogP contribution in [0.15, 0.2) is 48.5 Å². The monoisotopic (exact) mass is 427 g/mol. The third-order valence-corrected chi connectivity index (χ3v) is 7.72. The Bertz CT molecular complexity index is 960. The Morgan fingerprint density at radius 3 is 2.03 bits per heavy atom. The molecular formula is C23H29N3O3S. The van der Waals surface area contributed by atoms with E-state index in [1.165, 1.54) is 24.9 Å². The zero-order valence-corrected chi connectivity index (χ0v) is 18.0. The second kappa shape index (κ2) is 9.18. The second-order valence-electron chi connectivity index (χ2n) is 8.11. The van der Waals surface area contributed by atoms with Crippen LogP contribution in [0.1, 0.15) is 48.0 Å². The number of rotatable bonds is 6. The molecular weight excluding hydrogens is 398 g/mol. The van der Waals surface area contributed by atoms with Crippen molar-refractivity contribution in [1.29, 1.82) is 0 Å². The molecule has 2 fully saturated rings. The molecule has 2 aliphatic heterocycles. The largest absolute Gasteiger partial charge is 0.372 e. The fourth-order valence-corrected chi connectivity index (χ4v) is 5.74. The van der Waals surface area contributed by atoms with Crippen LogP contribution in [0.25, 0.3) is 0 Å². The first-order chi connectivity index (χ1) is 14.5. The van der Waals surface area contributed by atoms with E-state index in [4.69, 9.17) is 0 Å². The zero-order chi connectivity index (χ0) is 21.0. The van der Waals surface area contributed by atoms with Crippen molar-refractivity contribution in [2.75, 3.05) is 36.4 Å². The van der Waals surface area contributed by atoms with E-state index in [0.29, 0.717) is 24.2 Å². The maximum atomic E-state index is 12.6. The lowest BCUT2D eigenvalue weighted by Gasteiger charge is -2.28. The number of carbonyl (C=O) groups excluding carboxylic acids is 1. The van der Waals surface area contributed by atoms with E-state index in [2.05, 4.69) is 10.2 Å². The highest BCUT2D eigenvalue weighted by molar-refractivity contribution is 7.88. The van der Waals surface area contributed by atoms with Gasteiger partial charge in [0.05, 0.1) is 5.75 Å². The van der Waals surface area contributed by atoms with Gasteiger partial charge in [-0.2, -0.15) is 0 Å². The predicted octanol–water partition coefficient (Wildman–Crippen LogP) is 3.85. The van der Waals surface area contributed by atoms with Crippen molar-refractivity contribution in [3.63, 3.8) is 0 Å². The summed E-state index contributed by atoms with van der Waals surface area (Å²) in [5.41, 5.74) is 3.15. The van der Waals surface area contributed by atoms with Crippen LogP contribution in [0.5, 0.6) is 0 Å². The number of sulfonamides is 1. The van der Waals surface area contributed by atoms with Crippen LogP contribution in [0.3, 0.4) is 0 Å². The van der Waals surface area contributed by atoms with Gasteiger partial charge in [0.2, 0.25) is 10.0 Å². The first-order valence-electron chi connectivity index (χ1n) is 10.7. The van der Waals surface area contributed by atoms with Crippen molar-refractivity contribution in [3.05, 3.63) is 59.7 Å². The van der Waals surface area contributed by atoms with Crippen molar-refractivity contribution < 1.29 is 13.2 Å². The van der Waals surface area contributed by atoms with E-state index in [-0.39, 0.29) is 11.7 Å². The summed E-state index contributed by atoms with van der Waals surface area (Å²) < 4.78 is 26.5. The number of benzene rings is 2. The summed E-state index contributed by atoms with van der Waals surface area (Å²) in [6, 6.07) is 14.8. The van der Waals surface area contributed by atoms with Crippen LogP contribution < -0.4 is 10.2 Å². The van der Waals surface area contributed by atoms with Crippen LogP contribution in [0.4, 0.5) is 11.4 Å². The second-order valence-corrected chi connectivity index (χ2v) is 10.1. The number of hydrogen-bond donors (Lipinski definition) is 1. The lowest BCUT2D eigenvalue weighted by atomic mass is 10.1. The number of hydrogen-bond acceptors (Lipinski definition) is 4. The summed E-state index contributed by atoms with van der Waals surface area (Å²) in [4.78, 5) is 14.9. The number of nitrogens with zero attached hydrogens (tertiary/aromatic N) is 2. The third-order valence-electron chi connectivity index (χ3n) is 5.87. The van der Waals surface area contributed by atoms with Crippen molar-refractivity contribution in [2.24, 2.45) is 0 Å². The molecule has 0 bridgehead atoms. The molecule has 6 nitrogen and oxygen atoms in total. The Morgan fingerprint density at radius 1 is 0.800 bits per heavy atom. The summed E-state index contributed by atoms with van der Waals surface area (Å²) in [5.74, 6) is -0.220. The molecule has 160 valence electrons. The Balaban J connectivity index is 1.35. The van der Waals surface area contributed by atoms with E-state index < -0.39 is 10.0 Å². The van der Waals surface area contributed by atoms with E-state index in [0.717, 1.165) is 31.6 Å². The molecule has 1 N–H and O–H groups in total. The fourth-order valence-electron chi connectivity index (χ4n) is 4.13. The zero-order valence-electron chi connectivity index (χ0n) is 17.2. The molecule has 2 aromatic rings. The Hall–Kier alpha value is -2.38. The molecule has 0 atom stereocenters. The molecule has 2 saturated heterocycles. The maximum absolute atomic E-state index is 12.6. The van der Waals surface area contributed by atoms with Crippen LogP contribution >= 0.6 is 0 Å². The number of nitrogens with one attached hydrogen (secondary N) is 1. The fraction of sp³-hybridized carbons (Fsp3) is 0.435. The van der Waals surface area contributed by atoms with Crippen LogP contribution in [0, 0.1) is 0 Å². The highest BCUT2D eigenvalue weighted by Crippen LogP contribution is 2.22. The summed E-state index contributed by atoms with van der Waals surface area (Å²) in [6.45, 7) is 3.40. The van der Waals surface area contributed by atoms with E-state index in [9.17, 15) is 13.2 Å². The van der Waals surface area contributed by atoms with Crippen molar-refractivity contribution in [1.82, 2.24) is 4.31 Å². The molecule has 0 spiro atoms. The Labute approximate surface area is 178 Å². The number of piperidine rings is 1. The van der Waals surface area contributed by atoms with Gasteiger partial charge in [-0.05, 0) is 74.1 Å². The smallest absolute Gasteiger partial charge is 0.255 e. The van der Waals surface area contributed by atoms with Crippen molar-refractivity contribution in [2.45, 2.75) is 37.9 Å². The summed E-state index contributed by atoms with van der Waals surface area (Å²) in [7, 11) is -3.28. The molecule has 0 aliphatic carbocycles. The average molecular weight is 428 g/mol. The maximum Gasteiger partial charge on any atom is 0.255 e. The van der Waals surface area contributed by atoms with E-state index in [1.807, 2.05) is 24.3 Å². The van der Waals surface area contributed by atoms with Gasteiger partial charge in [-0.1, -0.05) is 12.1 Å². The van der Waals surface area contributed by atoms with Gasteiger partial charge in [-0.15, -0.1) is 0 Å². The van der Waals surface area contributed by atoms with E-state index in [1.54, 1.807) is 28.6 Å². The normalized spacial score (nSPS) is 17.8. The minimum absolute atomic E-state index is 0.0210. The minimum Gasteiger partial charge on any atom is -0.372 e. The molecule has 2 heterocycles. The highest BCUT2D eigenvalue weighted by Gasteiger charge is 2.25. The molecule has 1 amide bonds. The minimum atomic E-state index is -3.28. The Kier molecular flexibility index (Phi) is 6.39. The highest BCUT2D eigenvalue weighted by atomic mass is 32.2. The summed E-state index contributed by atoms with van der Waals surface area (Å²) >= 11 is 0. The topological polar surface area (TPSA) is 69.7 Å². The predicted molar refractivity (Wildman–Crippen MR) is 120 cm³/mol. The van der Waals surface area contributed by atoms with Gasteiger partial charge in [0.1, 0.15) is 0 Å². The van der Waals surface area contributed by atoms with Crippen LogP contribution in [-0.4, -0.2) is 44.8 Å². The van der Waals surface area contributed by atoms with Gasteiger partial charge in [0.15, 0.2) is 0 Å². The molecule has 0 radical (unpaired) electrons. The first kappa shape index (κ1) is 20.9. The van der Waals surface area contributed by atoms with Crippen molar-refractivity contribution in [3.8, 4) is 0 Å². The molecule has 0 aromatic heterocycles. The van der Waals surface area contributed by atoms with Gasteiger partial charge >= 0.3 is 0 Å². The average Bonchev–Trinajstić information content (AvgIpc) is 3.31. The third kappa shape index (κ3) is 5.02. The standard InChI is InChI=1S/C23H29N3O3S/c27-23(24-21-10-12-22(13-11-21)25-14-2-1-3-15-25)20-8-6-19(7-9-20)18-30(28,29)26-16-4-5-17-26/h6-13H,1-5,14-18H2,(H,24,27). The summed E-state index contributed by atoms with van der Waals surface area (Å²) in [5, 5.41) is 2.92. The molecule has 2 aromatic carbocycles. The lowest BCUT2D eigenvalue weighted by Crippen LogP contribution is -2.29. The molecule has 7 heteroatoms. The number of amides is 1. The summed E-state index contributed by atoms with van der Waals surface area (Å²) in [6.07, 6.45) is 5.62. The molecule has 0 unspecified atom stereocenters. The van der Waals surface area contributed by atoms with Gasteiger partial charge in [-0.3, -0.25) is 4.79 Å². The quantitative estimate of drug-likeness (QED) is 0.760. The van der Waals surface area contributed by atoms with Gasteiger partial charge in [0.25, 0.3) is 5.91 Å². The number of carbonyl (C=O) groups is 1. The molecule has 4 rings (SSSR count). The number of anilines is 2. The van der Waals surface area contributed by atoms with Crippen molar-refractivity contribution >= 4 is 27.3 Å². The molecule has 30 heavy (non-hydrogen) atoms. The lowest BCUT2D eigenvalue weighted by molar-refractivity contribution is 0.102. The van der Waals surface area contributed by atoms with Gasteiger partial charge in [0, 0.05) is 43.1 Å². The van der Waals surface area contributed by atoms with E-state index >= 15 is 0 Å². The SMILES string of the molecule is O=C(Nc1ccc(N2CCCCC2)cc1)c1ccc(CS(=O)(=O)N2CCCC2)cc1. The first-order valence-corrected chi connectivity index (χ1v) is 12.4. The van der Waals surface area contributed by atoms with Gasteiger partial charge in [-0.25, -0.2) is 12.7 Å². The molecule has 0 saturated carbocycles.